The standard InChI is InChI=1S/C18H27N3O2/c1-3-10-21-11-13-6-4-7-14(12-21)18(13,23-2)15-8-5-9-20-16(15)17(19)22/h5,8-9,13-14H,3-4,6-7,10-12H2,1-2H3,(H2,19,22)/t13-,14+,18-. The van der Waals surface area contributed by atoms with Crippen LogP contribution in [-0.4, -0.2) is 42.5 Å². The Hall–Kier alpha value is -1.46. The highest BCUT2D eigenvalue weighted by atomic mass is 16.5. The number of ether oxygens (including phenoxy) is 1. The molecule has 0 aromatic carbocycles. The third-order valence-electron chi connectivity index (χ3n) is 5.61. The van der Waals surface area contributed by atoms with E-state index in [0.717, 1.165) is 38.0 Å². The molecular formula is C18H27N3O2. The van der Waals surface area contributed by atoms with Gasteiger partial charge in [0.1, 0.15) is 11.3 Å². The van der Waals surface area contributed by atoms with Crippen molar-refractivity contribution >= 4 is 5.91 Å². The Morgan fingerprint density at radius 2 is 2.13 bits per heavy atom. The van der Waals surface area contributed by atoms with Crippen molar-refractivity contribution in [2.24, 2.45) is 17.6 Å². The number of hydrogen-bond acceptors (Lipinski definition) is 4. The van der Waals surface area contributed by atoms with Gasteiger partial charge in [-0.25, -0.2) is 0 Å². The number of likely N-dealkylation sites (tertiary alicyclic amines) is 1. The molecule has 23 heavy (non-hydrogen) atoms. The minimum absolute atomic E-state index is 0.371. The van der Waals surface area contributed by atoms with Gasteiger partial charge in [-0.1, -0.05) is 19.4 Å². The van der Waals surface area contributed by atoms with Gasteiger partial charge in [-0.05, 0) is 31.9 Å². The highest BCUT2D eigenvalue weighted by Gasteiger charge is 2.54. The number of rotatable bonds is 5. The minimum atomic E-state index is -0.467. The predicted molar refractivity (Wildman–Crippen MR) is 89.0 cm³/mol. The van der Waals surface area contributed by atoms with Crippen molar-refractivity contribution in [2.45, 2.75) is 38.2 Å². The number of nitrogens with two attached hydrogens (primary N) is 1. The van der Waals surface area contributed by atoms with E-state index in [1.54, 1.807) is 13.3 Å². The van der Waals surface area contributed by atoms with Crippen molar-refractivity contribution in [3.8, 4) is 0 Å². The van der Waals surface area contributed by atoms with E-state index in [2.05, 4.69) is 16.8 Å². The SMILES string of the molecule is CCCN1C[C@H]2CCC[C@@H](C1)[C@@]2(OC)c1cccnc1C(N)=O. The van der Waals surface area contributed by atoms with E-state index < -0.39 is 11.5 Å². The summed E-state index contributed by atoms with van der Waals surface area (Å²) in [4.78, 5) is 18.7. The summed E-state index contributed by atoms with van der Waals surface area (Å²) in [5, 5.41) is 0. The molecule has 0 unspecified atom stereocenters. The van der Waals surface area contributed by atoms with Crippen LogP contribution in [0.1, 0.15) is 48.7 Å². The zero-order valence-electron chi connectivity index (χ0n) is 14.1. The number of pyridine rings is 1. The molecule has 2 fully saturated rings. The number of amides is 1. The molecule has 5 heteroatoms. The van der Waals surface area contributed by atoms with Crippen LogP contribution in [0.15, 0.2) is 18.3 Å². The van der Waals surface area contributed by atoms with E-state index in [1.807, 2.05) is 12.1 Å². The van der Waals surface area contributed by atoms with Crippen LogP contribution < -0.4 is 5.73 Å². The van der Waals surface area contributed by atoms with E-state index in [0.29, 0.717) is 17.5 Å². The Kier molecular flexibility index (Phi) is 4.69. The molecule has 0 radical (unpaired) electrons. The van der Waals surface area contributed by atoms with Gasteiger partial charge in [0.2, 0.25) is 0 Å². The van der Waals surface area contributed by atoms with Gasteiger partial charge < -0.3 is 15.4 Å². The predicted octanol–water partition coefficient (Wildman–Crippen LogP) is 2.16. The summed E-state index contributed by atoms with van der Waals surface area (Å²) in [6, 6.07) is 3.87. The van der Waals surface area contributed by atoms with Gasteiger partial charge >= 0.3 is 0 Å². The van der Waals surface area contributed by atoms with Crippen molar-refractivity contribution in [1.82, 2.24) is 9.88 Å². The van der Waals surface area contributed by atoms with E-state index in [9.17, 15) is 4.79 Å². The first-order valence-electron chi connectivity index (χ1n) is 8.66. The summed E-state index contributed by atoms with van der Waals surface area (Å²) in [6.45, 7) is 5.39. The molecule has 1 saturated carbocycles. The Balaban J connectivity index is 2.06. The number of carbonyl (C=O) groups excluding carboxylic acids is 1. The number of methoxy groups -OCH3 is 1. The van der Waals surface area contributed by atoms with Crippen LogP contribution in [0, 0.1) is 11.8 Å². The molecule has 0 spiro atoms. The molecule has 1 aromatic heterocycles. The summed E-state index contributed by atoms with van der Waals surface area (Å²) in [5.41, 5.74) is 6.42. The maximum absolute atomic E-state index is 11.9. The van der Waals surface area contributed by atoms with Crippen molar-refractivity contribution in [3.05, 3.63) is 29.6 Å². The topological polar surface area (TPSA) is 68.4 Å². The fourth-order valence-electron chi connectivity index (χ4n) is 4.82. The fourth-order valence-corrected chi connectivity index (χ4v) is 4.82. The minimum Gasteiger partial charge on any atom is -0.373 e. The van der Waals surface area contributed by atoms with Crippen molar-refractivity contribution < 1.29 is 9.53 Å². The third-order valence-corrected chi connectivity index (χ3v) is 5.61. The quantitative estimate of drug-likeness (QED) is 0.903. The second kappa shape index (κ2) is 6.57. The maximum atomic E-state index is 11.9. The summed E-state index contributed by atoms with van der Waals surface area (Å²) >= 11 is 0. The van der Waals surface area contributed by atoms with E-state index >= 15 is 0 Å². The highest BCUT2D eigenvalue weighted by Crippen LogP contribution is 2.52. The Labute approximate surface area is 138 Å². The number of nitrogens with zero attached hydrogens (tertiary/aromatic N) is 2. The molecule has 1 saturated heterocycles. The maximum Gasteiger partial charge on any atom is 0.267 e. The Morgan fingerprint density at radius 3 is 2.70 bits per heavy atom. The fraction of sp³-hybridized carbons (Fsp3) is 0.667. The van der Waals surface area contributed by atoms with Crippen molar-refractivity contribution in [2.75, 3.05) is 26.7 Å². The van der Waals surface area contributed by atoms with Gasteiger partial charge in [-0.2, -0.15) is 0 Å². The normalized spacial score (nSPS) is 31.0. The van der Waals surface area contributed by atoms with Crippen molar-refractivity contribution in [1.29, 1.82) is 0 Å². The Morgan fingerprint density at radius 1 is 1.43 bits per heavy atom. The van der Waals surface area contributed by atoms with Gasteiger partial charge in [0.15, 0.2) is 0 Å². The van der Waals surface area contributed by atoms with Crippen LogP contribution >= 0.6 is 0 Å². The summed E-state index contributed by atoms with van der Waals surface area (Å²) < 4.78 is 6.17. The molecule has 1 amide bonds. The second-order valence-corrected chi connectivity index (χ2v) is 6.85. The first-order valence-corrected chi connectivity index (χ1v) is 8.66. The summed E-state index contributed by atoms with van der Waals surface area (Å²) in [6.07, 6.45) is 6.27. The summed E-state index contributed by atoms with van der Waals surface area (Å²) in [5.74, 6) is 0.300. The molecule has 1 aromatic rings. The van der Waals surface area contributed by atoms with Crippen molar-refractivity contribution in [3.63, 3.8) is 0 Å². The number of primary amides is 1. The number of aromatic nitrogens is 1. The van der Waals surface area contributed by atoms with Gasteiger partial charge in [-0.3, -0.25) is 9.78 Å². The average molecular weight is 317 g/mol. The molecule has 1 aliphatic carbocycles. The first kappa shape index (κ1) is 16.4. The van der Waals surface area contributed by atoms with E-state index in [1.165, 1.54) is 12.8 Å². The van der Waals surface area contributed by atoms with Crippen LogP contribution in [0.5, 0.6) is 0 Å². The van der Waals surface area contributed by atoms with E-state index in [-0.39, 0.29) is 0 Å². The molecule has 126 valence electrons. The molecule has 2 N–H and O–H groups in total. The monoisotopic (exact) mass is 317 g/mol. The lowest BCUT2D eigenvalue weighted by molar-refractivity contribution is -0.169. The zero-order valence-corrected chi connectivity index (χ0v) is 14.1. The zero-order chi connectivity index (χ0) is 16.4. The van der Waals surface area contributed by atoms with Crippen LogP contribution in [0.4, 0.5) is 0 Å². The molecule has 2 heterocycles. The van der Waals surface area contributed by atoms with Gasteiger partial charge in [0.05, 0.1) is 0 Å². The molecular weight excluding hydrogens is 290 g/mol. The number of piperidine rings is 1. The van der Waals surface area contributed by atoms with Crippen LogP contribution in [-0.2, 0) is 10.3 Å². The molecule has 5 nitrogen and oxygen atoms in total. The number of hydrogen-bond donors (Lipinski definition) is 1. The van der Waals surface area contributed by atoms with Crippen LogP contribution in [0.2, 0.25) is 0 Å². The number of carbonyl (C=O) groups is 1. The lowest BCUT2D eigenvalue weighted by atomic mass is 9.62. The third kappa shape index (κ3) is 2.66. The lowest BCUT2D eigenvalue weighted by Crippen LogP contribution is -2.59. The van der Waals surface area contributed by atoms with Crippen LogP contribution in [0.25, 0.3) is 0 Å². The Bertz CT molecular complexity index is 561. The first-order chi connectivity index (χ1) is 11.1. The largest absolute Gasteiger partial charge is 0.373 e. The lowest BCUT2D eigenvalue weighted by Gasteiger charge is -2.55. The highest BCUT2D eigenvalue weighted by molar-refractivity contribution is 5.92. The van der Waals surface area contributed by atoms with Gasteiger partial charge in [0.25, 0.3) is 5.91 Å². The molecule has 2 aliphatic rings. The summed E-state index contributed by atoms with van der Waals surface area (Å²) in [7, 11) is 1.78. The van der Waals surface area contributed by atoms with Gasteiger partial charge in [-0.15, -0.1) is 0 Å². The average Bonchev–Trinajstić information content (AvgIpc) is 2.54. The van der Waals surface area contributed by atoms with Crippen LogP contribution in [0.3, 0.4) is 0 Å². The molecule has 1 aliphatic heterocycles. The molecule has 3 rings (SSSR count). The smallest absolute Gasteiger partial charge is 0.267 e. The van der Waals surface area contributed by atoms with Gasteiger partial charge in [0, 0.05) is 43.8 Å². The second-order valence-electron chi connectivity index (χ2n) is 6.85. The number of fused-ring (bicyclic) bond motifs is 2. The molecule has 2 bridgehead atoms. The molecule has 3 atom stereocenters. The van der Waals surface area contributed by atoms with E-state index in [4.69, 9.17) is 10.5 Å².